The average molecular weight is 342 g/mol. The third-order valence-corrected chi connectivity index (χ3v) is 5.65. The van der Waals surface area contributed by atoms with Crippen LogP contribution < -0.4 is 0 Å². The molecule has 0 radical (unpaired) electrons. The van der Waals surface area contributed by atoms with E-state index in [1.54, 1.807) is 0 Å². The van der Waals surface area contributed by atoms with Gasteiger partial charge in [-0.2, -0.15) is 18.3 Å². The van der Waals surface area contributed by atoms with Gasteiger partial charge in [0.25, 0.3) is 0 Å². The summed E-state index contributed by atoms with van der Waals surface area (Å²) < 4.78 is 39.0. The zero-order valence-corrected chi connectivity index (χ0v) is 13.9. The van der Waals surface area contributed by atoms with E-state index < -0.39 is 23.6 Å². The molecule has 1 aromatic rings. The van der Waals surface area contributed by atoms with Gasteiger partial charge in [-0.15, -0.1) is 0 Å². The highest BCUT2D eigenvalue weighted by atomic mass is 19.4. The van der Waals surface area contributed by atoms with E-state index in [2.05, 4.69) is 5.10 Å². The highest BCUT2D eigenvalue weighted by molar-refractivity contribution is 6.00. The first kappa shape index (κ1) is 17.0. The van der Waals surface area contributed by atoms with E-state index in [1.807, 2.05) is 20.8 Å². The van der Waals surface area contributed by atoms with Crippen LogP contribution in [0.4, 0.5) is 13.2 Å². The van der Waals surface area contributed by atoms with Crippen molar-refractivity contribution in [2.45, 2.75) is 58.2 Å². The number of halogens is 3. The van der Waals surface area contributed by atoms with Gasteiger partial charge in [-0.1, -0.05) is 20.8 Å². The monoisotopic (exact) mass is 342 g/mol. The number of allylic oxidation sites excluding steroid dienone is 1. The molecule has 0 saturated heterocycles. The fourth-order valence-electron chi connectivity index (χ4n) is 4.69. The molecular formula is C17H21F3N2O2. The van der Waals surface area contributed by atoms with Gasteiger partial charge in [0.15, 0.2) is 5.78 Å². The van der Waals surface area contributed by atoms with Gasteiger partial charge in [0.2, 0.25) is 0 Å². The minimum Gasteiger partial charge on any atom is -0.515 e. The van der Waals surface area contributed by atoms with Crippen LogP contribution in [-0.2, 0) is 23.2 Å². The number of Topliss-reactive ketones (excluding diaryl/α,β-unsaturated/α-hetero) is 1. The number of nitrogens with zero attached hydrogens (tertiary/aromatic N) is 2. The van der Waals surface area contributed by atoms with Gasteiger partial charge in [0, 0.05) is 22.6 Å². The quantitative estimate of drug-likeness (QED) is 0.625. The highest BCUT2D eigenvalue weighted by Crippen LogP contribution is 2.56. The summed E-state index contributed by atoms with van der Waals surface area (Å²) in [7, 11) is 0. The lowest BCUT2D eigenvalue weighted by molar-refractivity contribution is -0.142. The maximum absolute atomic E-state index is 12.7. The lowest BCUT2D eigenvalue weighted by Gasteiger charge is -2.52. The van der Waals surface area contributed by atoms with E-state index in [0.717, 1.165) is 22.9 Å². The van der Waals surface area contributed by atoms with E-state index in [4.69, 9.17) is 0 Å². The molecule has 1 saturated carbocycles. The first-order valence-electron chi connectivity index (χ1n) is 8.00. The Morgan fingerprint density at radius 3 is 2.67 bits per heavy atom. The number of hydrogen-bond acceptors (Lipinski definition) is 3. The summed E-state index contributed by atoms with van der Waals surface area (Å²) in [5.74, 6) is -0.117. The first-order chi connectivity index (χ1) is 11.0. The molecule has 1 aromatic heterocycles. The van der Waals surface area contributed by atoms with Crippen LogP contribution in [0.15, 0.2) is 18.0 Å². The molecule has 4 nitrogen and oxygen atoms in total. The Kier molecular flexibility index (Phi) is 3.62. The van der Waals surface area contributed by atoms with Crippen LogP contribution in [0, 0.1) is 11.3 Å². The average Bonchev–Trinajstić information content (AvgIpc) is 2.84. The van der Waals surface area contributed by atoms with E-state index in [-0.39, 0.29) is 11.7 Å². The Bertz CT molecular complexity index is 718. The fourth-order valence-corrected chi connectivity index (χ4v) is 4.69. The van der Waals surface area contributed by atoms with Crippen molar-refractivity contribution in [2.24, 2.45) is 11.3 Å². The molecule has 7 heteroatoms. The highest BCUT2D eigenvalue weighted by Gasteiger charge is 2.56. The molecule has 24 heavy (non-hydrogen) atoms. The molecule has 0 amide bonds. The van der Waals surface area contributed by atoms with E-state index in [9.17, 15) is 23.1 Å². The topological polar surface area (TPSA) is 55.1 Å². The fraction of sp³-hybridized carbons (Fsp3) is 0.647. The van der Waals surface area contributed by atoms with Crippen LogP contribution in [-0.4, -0.2) is 26.8 Å². The molecule has 0 bridgehead atoms. The maximum atomic E-state index is 12.7. The van der Waals surface area contributed by atoms with E-state index in [1.165, 1.54) is 6.20 Å². The summed E-state index contributed by atoms with van der Waals surface area (Å²) >= 11 is 0. The number of aliphatic hydroxyl groups excluding tert-OH is 1. The summed E-state index contributed by atoms with van der Waals surface area (Å²) in [6, 6.07) is 0. The van der Waals surface area contributed by atoms with Crippen LogP contribution >= 0.6 is 0 Å². The molecule has 2 aliphatic rings. The zero-order valence-electron chi connectivity index (χ0n) is 13.9. The summed E-state index contributed by atoms with van der Waals surface area (Å²) in [6.07, 6.45) is -0.386. The Morgan fingerprint density at radius 2 is 2.08 bits per heavy atom. The molecular weight excluding hydrogens is 321 g/mol. The maximum Gasteiger partial charge on any atom is 0.408 e. The van der Waals surface area contributed by atoms with E-state index in [0.29, 0.717) is 24.1 Å². The lowest BCUT2D eigenvalue weighted by Crippen LogP contribution is -2.53. The Morgan fingerprint density at radius 1 is 1.42 bits per heavy atom. The van der Waals surface area contributed by atoms with Crippen molar-refractivity contribution < 1.29 is 23.1 Å². The van der Waals surface area contributed by atoms with Crippen molar-refractivity contribution >= 4 is 5.78 Å². The number of aryl methyl sites for hydroxylation is 1. The van der Waals surface area contributed by atoms with Gasteiger partial charge < -0.3 is 5.11 Å². The summed E-state index contributed by atoms with van der Waals surface area (Å²) in [5.41, 5.74) is 0.504. The number of alkyl halides is 3. The number of fused-ring (bicyclic) bond motifs is 3. The number of carbonyl (C=O) groups excluding carboxylic acids is 1. The molecule has 1 N–H and O–H groups in total. The Balaban J connectivity index is 2.07. The first-order valence-corrected chi connectivity index (χ1v) is 8.00. The third kappa shape index (κ3) is 2.45. The van der Waals surface area contributed by atoms with Crippen molar-refractivity contribution in [1.29, 1.82) is 0 Å². The van der Waals surface area contributed by atoms with Crippen molar-refractivity contribution in [3.05, 3.63) is 29.3 Å². The number of aliphatic hydroxyl groups is 1. The molecule has 1 fully saturated rings. The van der Waals surface area contributed by atoms with Crippen LogP contribution in [0.3, 0.4) is 0 Å². The number of hydrogen-bond donors (Lipinski definition) is 1. The molecule has 2 atom stereocenters. The molecule has 0 aliphatic heterocycles. The molecule has 1 heterocycles. The van der Waals surface area contributed by atoms with Crippen LogP contribution in [0.1, 0.15) is 44.9 Å². The minimum atomic E-state index is -4.33. The second-order valence-corrected chi connectivity index (χ2v) is 7.71. The summed E-state index contributed by atoms with van der Waals surface area (Å²) in [4.78, 5) is 12.6. The van der Waals surface area contributed by atoms with E-state index >= 15 is 0 Å². The molecule has 0 unspecified atom stereocenters. The second kappa shape index (κ2) is 5.10. The van der Waals surface area contributed by atoms with Crippen molar-refractivity contribution in [3.63, 3.8) is 0 Å². The standard InChI is InChI=1S/C17H21F3N2O2/c1-15(2)12-5-4-10-7-22(9-17(18,19)20)21-13(10)16(12,3)6-11(8-23)14(15)24/h7-8,12,23H,4-6,9H2,1-3H3/b11-8-/t12-,16-/m0/s1. The van der Waals surface area contributed by atoms with Crippen LogP contribution in [0.2, 0.25) is 0 Å². The van der Waals surface area contributed by atoms with Gasteiger partial charge in [-0.05, 0) is 30.7 Å². The molecule has 0 aromatic carbocycles. The third-order valence-electron chi connectivity index (χ3n) is 5.65. The van der Waals surface area contributed by atoms with Gasteiger partial charge >= 0.3 is 6.18 Å². The smallest absolute Gasteiger partial charge is 0.408 e. The van der Waals surface area contributed by atoms with Crippen molar-refractivity contribution in [3.8, 4) is 0 Å². The normalized spacial score (nSPS) is 31.0. The summed E-state index contributed by atoms with van der Waals surface area (Å²) in [5, 5.41) is 13.7. The molecule has 3 rings (SSSR count). The molecule has 132 valence electrons. The number of carbonyl (C=O) groups is 1. The number of rotatable bonds is 1. The van der Waals surface area contributed by atoms with Gasteiger partial charge in [0.1, 0.15) is 6.54 Å². The number of ketones is 1. The van der Waals surface area contributed by atoms with Crippen LogP contribution in [0.25, 0.3) is 0 Å². The van der Waals surface area contributed by atoms with Gasteiger partial charge in [-0.3, -0.25) is 9.48 Å². The molecule has 2 aliphatic carbocycles. The Hall–Kier alpha value is -1.79. The van der Waals surface area contributed by atoms with Gasteiger partial charge in [-0.25, -0.2) is 0 Å². The second-order valence-electron chi connectivity index (χ2n) is 7.71. The van der Waals surface area contributed by atoms with Crippen molar-refractivity contribution in [1.82, 2.24) is 9.78 Å². The number of aromatic nitrogens is 2. The van der Waals surface area contributed by atoms with Gasteiger partial charge in [0.05, 0.1) is 12.0 Å². The molecule has 0 spiro atoms. The van der Waals surface area contributed by atoms with Crippen molar-refractivity contribution in [2.75, 3.05) is 0 Å². The predicted octanol–water partition coefficient (Wildman–Crippen LogP) is 3.71. The Labute approximate surface area is 138 Å². The zero-order chi connectivity index (χ0) is 17.9. The lowest BCUT2D eigenvalue weighted by atomic mass is 9.50. The van der Waals surface area contributed by atoms with Crippen LogP contribution in [0.5, 0.6) is 0 Å². The SMILES string of the molecule is CC1(C)C(=O)/C(=C\O)C[C@]2(C)c3nn(CC(F)(F)F)cc3CC[C@@H]12. The largest absolute Gasteiger partial charge is 0.515 e. The minimum absolute atomic E-state index is 0.0251. The summed E-state index contributed by atoms with van der Waals surface area (Å²) in [6.45, 7) is 4.52. The predicted molar refractivity (Wildman–Crippen MR) is 81.6 cm³/mol.